The molecule has 128 valence electrons. The fourth-order valence-electron chi connectivity index (χ4n) is 3.65. The minimum absolute atomic E-state index is 0.0155. The summed E-state index contributed by atoms with van der Waals surface area (Å²) in [5, 5.41) is 2.78. The molecule has 5 nitrogen and oxygen atoms in total. The van der Waals surface area contributed by atoms with Crippen LogP contribution in [-0.4, -0.2) is 41.5 Å². The summed E-state index contributed by atoms with van der Waals surface area (Å²) in [6, 6.07) is 1.18. The number of carbonyl (C=O) groups excluding carboxylic acids is 1. The van der Waals surface area contributed by atoms with Crippen LogP contribution in [0.25, 0.3) is 11.0 Å². The smallest absolute Gasteiger partial charge is 0.420 e. The van der Waals surface area contributed by atoms with Gasteiger partial charge in [0.05, 0.1) is 6.20 Å². The average molecular weight is 339 g/mol. The highest BCUT2D eigenvalue weighted by atomic mass is 19.4. The second-order valence-corrected chi connectivity index (χ2v) is 6.43. The van der Waals surface area contributed by atoms with Gasteiger partial charge in [0.25, 0.3) is 5.91 Å². The molecule has 2 aromatic heterocycles. The largest absolute Gasteiger partial charge is 0.462 e. The number of halogens is 3. The van der Waals surface area contributed by atoms with Gasteiger partial charge in [-0.15, -0.1) is 0 Å². The molecule has 2 aromatic rings. The Labute approximate surface area is 135 Å². The first kappa shape index (κ1) is 15.4. The number of carbonyl (C=O) groups is 1. The van der Waals surface area contributed by atoms with Crippen molar-refractivity contribution in [2.75, 3.05) is 19.6 Å². The molecule has 24 heavy (non-hydrogen) atoms. The molecule has 8 heteroatoms. The van der Waals surface area contributed by atoms with Gasteiger partial charge in [-0.3, -0.25) is 4.79 Å². The number of pyridine rings is 1. The monoisotopic (exact) mass is 339 g/mol. The minimum Gasteiger partial charge on any atom is -0.462 e. The molecule has 1 N–H and O–H groups in total. The van der Waals surface area contributed by atoms with E-state index < -0.39 is 17.6 Å². The minimum atomic E-state index is -4.53. The summed E-state index contributed by atoms with van der Waals surface area (Å²) in [6.45, 7) is 2.88. The van der Waals surface area contributed by atoms with E-state index in [2.05, 4.69) is 15.2 Å². The Kier molecular flexibility index (Phi) is 3.52. The van der Waals surface area contributed by atoms with Crippen LogP contribution in [-0.2, 0) is 6.18 Å². The van der Waals surface area contributed by atoms with Crippen LogP contribution in [0.15, 0.2) is 22.9 Å². The lowest BCUT2D eigenvalue weighted by atomic mass is 9.84. The van der Waals surface area contributed by atoms with Crippen molar-refractivity contribution in [2.45, 2.75) is 25.1 Å². The highest BCUT2D eigenvalue weighted by molar-refractivity contribution is 5.96. The number of fused-ring (bicyclic) bond motifs is 4. The average Bonchev–Trinajstić information content (AvgIpc) is 2.99. The highest BCUT2D eigenvalue weighted by Crippen LogP contribution is 2.36. The Morgan fingerprint density at radius 1 is 1.33 bits per heavy atom. The lowest BCUT2D eigenvalue weighted by molar-refractivity contribution is -0.136. The number of furan rings is 1. The number of piperidine rings is 3. The normalized spacial score (nSPS) is 26.7. The van der Waals surface area contributed by atoms with Crippen molar-refractivity contribution in [3.05, 3.63) is 29.8 Å². The first-order valence-corrected chi connectivity index (χ1v) is 7.89. The van der Waals surface area contributed by atoms with E-state index in [1.54, 1.807) is 0 Å². The molecule has 5 rings (SSSR count). The fourth-order valence-corrected chi connectivity index (χ4v) is 3.65. The summed E-state index contributed by atoms with van der Waals surface area (Å²) in [5.41, 5.74) is -0.899. The third-order valence-electron chi connectivity index (χ3n) is 4.97. The SMILES string of the molecule is O=C(NC1CN2CCC1CC2)c1cc2c(C(F)(F)F)coc2cn1. The number of amides is 1. The molecule has 3 aliphatic heterocycles. The number of hydrogen-bond acceptors (Lipinski definition) is 4. The van der Waals surface area contributed by atoms with Crippen molar-refractivity contribution in [3.8, 4) is 0 Å². The lowest BCUT2D eigenvalue weighted by Gasteiger charge is -2.44. The van der Waals surface area contributed by atoms with Crippen molar-refractivity contribution >= 4 is 16.9 Å². The Balaban J connectivity index is 1.58. The van der Waals surface area contributed by atoms with E-state index in [1.807, 2.05) is 0 Å². The van der Waals surface area contributed by atoms with Crippen LogP contribution < -0.4 is 5.32 Å². The maximum Gasteiger partial charge on any atom is 0.420 e. The zero-order valence-electron chi connectivity index (χ0n) is 12.8. The molecular weight excluding hydrogens is 323 g/mol. The van der Waals surface area contributed by atoms with E-state index in [0.717, 1.165) is 44.7 Å². The summed E-state index contributed by atoms with van der Waals surface area (Å²) >= 11 is 0. The number of nitrogens with zero attached hydrogens (tertiary/aromatic N) is 2. The number of alkyl halides is 3. The summed E-state index contributed by atoms with van der Waals surface area (Å²) in [4.78, 5) is 18.6. The van der Waals surface area contributed by atoms with Gasteiger partial charge >= 0.3 is 6.18 Å². The second-order valence-electron chi connectivity index (χ2n) is 6.43. The van der Waals surface area contributed by atoms with Gasteiger partial charge in [-0.05, 0) is 37.9 Å². The molecule has 3 saturated heterocycles. The zero-order valence-corrected chi connectivity index (χ0v) is 12.8. The quantitative estimate of drug-likeness (QED) is 0.914. The molecule has 1 amide bonds. The molecule has 0 radical (unpaired) electrons. The first-order chi connectivity index (χ1) is 11.4. The van der Waals surface area contributed by atoms with Gasteiger partial charge in [-0.25, -0.2) is 4.98 Å². The van der Waals surface area contributed by atoms with E-state index in [9.17, 15) is 18.0 Å². The predicted molar refractivity (Wildman–Crippen MR) is 79.4 cm³/mol. The molecule has 0 aromatic carbocycles. The molecule has 0 saturated carbocycles. The molecule has 3 fully saturated rings. The van der Waals surface area contributed by atoms with Crippen LogP contribution in [0.2, 0.25) is 0 Å². The summed E-state index contributed by atoms with van der Waals surface area (Å²) < 4.78 is 43.8. The first-order valence-electron chi connectivity index (χ1n) is 7.89. The third kappa shape index (κ3) is 2.64. The van der Waals surface area contributed by atoms with Crippen molar-refractivity contribution in [2.24, 2.45) is 5.92 Å². The Hall–Kier alpha value is -2.09. The summed E-state index contributed by atoms with van der Waals surface area (Å²) in [5.74, 6) is -0.00711. The van der Waals surface area contributed by atoms with Gasteiger partial charge in [-0.2, -0.15) is 13.2 Å². The molecule has 1 atom stereocenters. The van der Waals surface area contributed by atoms with E-state index >= 15 is 0 Å². The van der Waals surface area contributed by atoms with Crippen molar-refractivity contribution in [1.82, 2.24) is 15.2 Å². The zero-order chi connectivity index (χ0) is 16.9. The van der Waals surface area contributed by atoms with Crippen LogP contribution in [0.5, 0.6) is 0 Å². The highest BCUT2D eigenvalue weighted by Gasteiger charge is 2.36. The standard InChI is InChI=1S/C16H16F3N3O2/c17-16(18,19)11-8-24-14-6-20-12(5-10(11)14)15(23)21-13-7-22-3-1-9(13)2-4-22/h5-6,8-9,13H,1-4,7H2,(H,21,23). The molecule has 3 aliphatic rings. The topological polar surface area (TPSA) is 58.4 Å². The van der Waals surface area contributed by atoms with E-state index in [4.69, 9.17) is 4.42 Å². The van der Waals surface area contributed by atoms with E-state index in [-0.39, 0.29) is 22.7 Å². The maximum absolute atomic E-state index is 13.0. The number of nitrogens with one attached hydrogen (secondary N) is 1. The Morgan fingerprint density at radius 3 is 2.71 bits per heavy atom. The van der Waals surface area contributed by atoms with Crippen LogP contribution in [0.4, 0.5) is 13.2 Å². The van der Waals surface area contributed by atoms with Crippen LogP contribution in [0.1, 0.15) is 28.9 Å². The predicted octanol–water partition coefficient (Wildman–Crippen LogP) is 2.67. The molecular formula is C16H16F3N3O2. The molecule has 0 aliphatic carbocycles. The Bertz CT molecular complexity index is 778. The van der Waals surface area contributed by atoms with Gasteiger partial charge in [-0.1, -0.05) is 0 Å². The van der Waals surface area contributed by atoms with E-state index in [1.165, 1.54) is 0 Å². The Morgan fingerprint density at radius 2 is 2.08 bits per heavy atom. The van der Waals surface area contributed by atoms with Crippen molar-refractivity contribution < 1.29 is 22.4 Å². The molecule has 2 bridgehead atoms. The molecule has 0 spiro atoms. The van der Waals surface area contributed by atoms with Gasteiger partial charge < -0.3 is 14.6 Å². The van der Waals surface area contributed by atoms with Gasteiger partial charge in [0, 0.05) is 18.0 Å². The van der Waals surface area contributed by atoms with E-state index in [0.29, 0.717) is 12.2 Å². The second kappa shape index (κ2) is 5.47. The molecule has 1 unspecified atom stereocenters. The van der Waals surface area contributed by atoms with Crippen LogP contribution in [0.3, 0.4) is 0 Å². The van der Waals surface area contributed by atoms with Crippen molar-refractivity contribution in [1.29, 1.82) is 0 Å². The molecule has 5 heterocycles. The number of aromatic nitrogens is 1. The fraction of sp³-hybridized carbons (Fsp3) is 0.500. The van der Waals surface area contributed by atoms with Crippen LogP contribution in [0, 0.1) is 5.92 Å². The summed E-state index contributed by atoms with van der Waals surface area (Å²) in [7, 11) is 0. The van der Waals surface area contributed by atoms with Crippen LogP contribution >= 0.6 is 0 Å². The third-order valence-corrected chi connectivity index (χ3v) is 4.97. The number of hydrogen-bond donors (Lipinski definition) is 1. The van der Waals surface area contributed by atoms with Gasteiger partial charge in [0.2, 0.25) is 0 Å². The van der Waals surface area contributed by atoms with Gasteiger partial charge in [0.1, 0.15) is 17.5 Å². The van der Waals surface area contributed by atoms with Gasteiger partial charge in [0.15, 0.2) is 5.58 Å². The maximum atomic E-state index is 13.0. The number of rotatable bonds is 2. The van der Waals surface area contributed by atoms with Crippen molar-refractivity contribution in [3.63, 3.8) is 0 Å². The summed E-state index contributed by atoms with van der Waals surface area (Å²) in [6.07, 6.45) is -0.637. The lowest BCUT2D eigenvalue weighted by Crippen LogP contribution is -2.57.